The van der Waals surface area contributed by atoms with E-state index in [0.717, 1.165) is 38.4 Å². The number of benzene rings is 3. The molecule has 0 spiro atoms. The fourth-order valence-electron chi connectivity index (χ4n) is 3.53. The molecule has 27 heavy (non-hydrogen) atoms. The lowest BCUT2D eigenvalue weighted by Crippen LogP contribution is -2.39. The summed E-state index contributed by atoms with van der Waals surface area (Å²) < 4.78 is 0. The Kier molecular flexibility index (Phi) is 3.68. The highest BCUT2D eigenvalue weighted by molar-refractivity contribution is 5.82. The van der Waals surface area contributed by atoms with Gasteiger partial charge in [-0.15, -0.1) is 0 Å². The van der Waals surface area contributed by atoms with Crippen molar-refractivity contribution in [3.8, 4) is 0 Å². The molecule has 0 bridgehead atoms. The quantitative estimate of drug-likeness (QED) is 0.550. The first-order valence-corrected chi connectivity index (χ1v) is 9.01. The van der Waals surface area contributed by atoms with Crippen LogP contribution in [0.4, 0.5) is 5.69 Å². The summed E-state index contributed by atoms with van der Waals surface area (Å²) in [5.41, 5.74) is 3.07. The maximum Gasteiger partial charge on any atom is 0.185 e. The summed E-state index contributed by atoms with van der Waals surface area (Å²) in [5, 5.41) is 11.1. The lowest BCUT2D eigenvalue weighted by molar-refractivity contribution is 0.604. The van der Waals surface area contributed by atoms with Gasteiger partial charge in [-0.3, -0.25) is 4.98 Å². The van der Waals surface area contributed by atoms with Gasteiger partial charge in [0.1, 0.15) is 5.36 Å². The molecule has 0 radical (unpaired) electrons. The minimum Gasteiger partial charge on any atom is -0.257 e. The summed E-state index contributed by atoms with van der Waals surface area (Å²) in [4.78, 5) is 9.58. The fraction of sp³-hybridized carbons (Fsp3) is 0.0870. The van der Waals surface area contributed by atoms with Crippen molar-refractivity contribution >= 4 is 16.5 Å². The molecule has 3 aromatic carbocycles. The molecule has 1 aliphatic rings. The zero-order valence-electron chi connectivity index (χ0n) is 14.9. The molecule has 0 saturated carbocycles. The Bertz CT molecular complexity index is 1250. The van der Waals surface area contributed by atoms with E-state index in [4.69, 9.17) is 10.1 Å². The van der Waals surface area contributed by atoms with Crippen molar-refractivity contribution in [1.82, 2.24) is 4.98 Å². The summed E-state index contributed by atoms with van der Waals surface area (Å²) in [7, 11) is 0. The number of para-hydroxylation sites is 1. The van der Waals surface area contributed by atoms with E-state index in [1.54, 1.807) is 6.20 Å². The van der Waals surface area contributed by atoms with Crippen molar-refractivity contribution in [3.05, 3.63) is 107 Å². The zero-order valence-corrected chi connectivity index (χ0v) is 14.9. The average Bonchev–Trinajstić information content (AvgIpc) is 2.74. The topological polar surface area (TPSA) is 40.9 Å². The molecule has 0 saturated heterocycles. The number of pyridine rings is 1. The van der Waals surface area contributed by atoms with Crippen molar-refractivity contribution in [2.24, 2.45) is 10.1 Å². The number of aryl methyl sites for hydroxylation is 1. The van der Waals surface area contributed by atoms with Crippen LogP contribution in [0.5, 0.6) is 0 Å². The van der Waals surface area contributed by atoms with Gasteiger partial charge in [-0.1, -0.05) is 54.6 Å². The molecule has 130 valence electrons. The first-order valence-electron chi connectivity index (χ1n) is 9.01. The molecule has 5 rings (SSSR count). The van der Waals surface area contributed by atoms with Crippen molar-refractivity contribution in [2.45, 2.75) is 13.1 Å². The van der Waals surface area contributed by atoms with Crippen LogP contribution < -0.4 is 15.7 Å². The Labute approximate surface area is 157 Å². The van der Waals surface area contributed by atoms with Crippen LogP contribution in [-0.4, -0.2) is 4.98 Å². The van der Waals surface area contributed by atoms with E-state index in [9.17, 15) is 0 Å². The summed E-state index contributed by atoms with van der Waals surface area (Å²) in [6, 6.07) is 26.6. The second-order valence-corrected chi connectivity index (χ2v) is 6.64. The third-order valence-corrected chi connectivity index (χ3v) is 4.89. The summed E-state index contributed by atoms with van der Waals surface area (Å²) in [6.45, 7) is 2.10. The van der Waals surface area contributed by atoms with Gasteiger partial charge in [-0.2, -0.15) is 5.10 Å². The molecule has 0 aliphatic carbocycles. The lowest BCUT2D eigenvalue weighted by atomic mass is 10.1. The Morgan fingerprint density at radius 2 is 1.63 bits per heavy atom. The number of anilines is 1. The number of hydrogen-bond acceptors (Lipinski definition) is 4. The lowest BCUT2D eigenvalue weighted by Gasteiger charge is -2.29. The first-order chi connectivity index (χ1) is 13.3. The SMILES string of the molecule is Cc1ccccc1N1N=c2c(ccc3ccccc23)=NC1c1ccccn1. The van der Waals surface area contributed by atoms with Crippen LogP contribution in [0.15, 0.2) is 95.2 Å². The van der Waals surface area contributed by atoms with Gasteiger partial charge in [-0.25, -0.2) is 10.0 Å². The minimum atomic E-state index is -0.291. The molecule has 1 atom stereocenters. The molecule has 4 aromatic rings. The van der Waals surface area contributed by atoms with Crippen molar-refractivity contribution < 1.29 is 0 Å². The molecule has 4 nitrogen and oxygen atoms in total. The van der Waals surface area contributed by atoms with Crippen LogP contribution in [0, 0.1) is 6.92 Å². The second kappa shape index (κ2) is 6.32. The van der Waals surface area contributed by atoms with E-state index in [2.05, 4.69) is 42.2 Å². The summed E-state index contributed by atoms with van der Waals surface area (Å²) in [5.74, 6) is 0. The standard InChI is InChI=1S/C23H18N4/c1-16-8-2-5-12-21(16)27-23(20-11-6-7-15-24-20)25-19-14-13-17-9-3-4-10-18(17)22(19)26-27/h2-15,23H,1H3. The predicted molar refractivity (Wildman–Crippen MR) is 107 cm³/mol. The van der Waals surface area contributed by atoms with Crippen LogP contribution in [0.2, 0.25) is 0 Å². The molecule has 0 amide bonds. The van der Waals surface area contributed by atoms with Crippen LogP contribution in [-0.2, 0) is 0 Å². The average molecular weight is 350 g/mol. The third kappa shape index (κ3) is 2.66. The van der Waals surface area contributed by atoms with Gasteiger partial charge in [0.05, 0.1) is 16.7 Å². The predicted octanol–water partition coefficient (Wildman–Crippen LogP) is 3.92. The summed E-state index contributed by atoms with van der Waals surface area (Å²) in [6.07, 6.45) is 1.51. The van der Waals surface area contributed by atoms with Gasteiger partial charge in [0.15, 0.2) is 6.17 Å². The number of aromatic nitrogens is 1. The molecule has 2 heterocycles. The molecule has 4 heteroatoms. The van der Waals surface area contributed by atoms with E-state index in [-0.39, 0.29) is 6.17 Å². The maximum absolute atomic E-state index is 5.06. The highest BCUT2D eigenvalue weighted by Gasteiger charge is 2.25. The Morgan fingerprint density at radius 1 is 0.815 bits per heavy atom. The van der Waals surface area contributed by atoms with Gasteiger partial charge in [0.25, 0.3) is 0 Å². The highest BCUT2D eigenvalue weighted by Crippen LogP contribution is 2.30. The van der Waals surface area contributed by atoms with E-state index >= 15 is 0 Å². The zero-order chi connectivity index (χ0) is 18.2. The molecular formula is C23H18N4. The van der Waals surface area contributed by atoms with Crippen molar-refractivity contribution in [2.75, 3.05) is 5.01 Å². The Morgan fingerprint density at radius 3 is 2.48 bits per heavy atom. The molecule has 0 fully saturated rings. The molecular weight excluding hydrogens is 332 g/mol. The highest BCUT2D eigenvalue weighted by atomic mass is 15.5. The van der Waals surface area contributed by atoms with Crippen molar-refractivity contribution in [3.63, 3.8) is 0 Å². The number of rotatable bonds is 2. The Balaban J connectivity index is 1.82. The first kappa shape index (κ1) is 15.7. The van der Waals surface area contributed by atoms with E-state index < -0.39 is 0 Å². The summed E-state index contributed by atoms with van der Waals surface area (Å²) >= 11 is 0. The molecule has 1 unspecified atom stereocenters. The Hall–Kier alpha value is -3.53. The molecule has 1 aliphatic heterocycles. The van der Waals surface area contributed by atoms with Gasteiger partial charge in [-0.05, 0) is 42.1 Å². The monoisotopic (exact) mass is 350 g/mol. The minimum absolute atomic E-state index is 0.291. The molecule has 1 aromatic heterocycles. The van der Waals surface area contributed by atoms with Crippen LogP contribution in [0.3, 0.4) is 0 Å². The van der Waals surface area contributed by atoms with E-state index in [1.807, 2.05) is 53.5 Å². The largest absolute Gasteiger partial charge is 0.257 e. The maximum atomic E-state index is 5.06. The smallest absolute Gasteiger partial charge is 0.185 e. The van der Waals surface area contributed by atoms with Crippen LogP contribution >= 0.6 is 0 Å². The van der Waals surface area contributed by atoms with Gasteiger partial charge < -0.3 is 0 Å². The number of fused-ring (bicyclic) bond motifs is 3. The third-order valence-electron chi connectivity index (χ3n) is 4.89. The number of hydrogen-bond donors (Lipinski definition) is 0. The normalized spacial score (nSPS) is 15.7. The van der Waals surface area contributed by atoms with Gasteiger partial charge in [0, 0.05) is 11.6 Å². The van der Waals surface area contributed by atoms with Gasteiger partial charge >= 0.3 is 0 Å². The van der Waals surface area contributed by atoms with Crippen molar-refractivity contribution in [1.29, 1.82) is 0 Å². The molecule has 0 N–H and O–H groups in total. The number of nitrogens with zero attached hydrogens (tertiary/aromatic N) is 4. The van der Waals surface area contributed by atoms with Gasteiger partial charge in [0.2, 0.25) is 0 Å². The van der Waals surface area contributed by atoms with E-state index in [1.165, 1.54) is 0 Å². The second-order valence-electron chi connectivity index (χ2n) is 6.64. The van der Waals surface area contributed by atoms with Crippen LogP contribution in [0.25, 0.3) is 10.8 Å². The fourth-order valence-corrected chi connectivity index (χ4v) is 3.53. The van der Waals surface area contributed by atoms with E-state index in [0.29, 0.717) is 0 Å². The van der Waals surface area contributed by atoms with Crippen LogP contribution in [0.1, 0.15) is 17.4 Å².